The Morgan fingerprint density at radius 3 is 1.50 bits per heavy atom. The first-order valence-electron chi connectivity index (χ1n) is 20.0. The van der Waals surface area contributed by atoms with Gasteiger partial charge in [-0.25, -0.2) is 0 Å². The highest BCUT2D eigenvalue weighted by Gasteiger charge is 2.18. The minimum absolute atomic E-state index is 0.201. The lowest BCUT2D eigenvalue weighted by Gasteiger charge is -2.19. The Morgan fingerprint density at radius 2 is 0.812 bits per heavy atom. The fraction of sp³-hybridized carbons (Fsp3) is 0. The molecule has 10 aromatic carbocycles. The lowest BCUT2D eigenvalue weighted by molar-refractivity contribution is 1.64. The van der Waals surface area contributed by atoms with Gasteiger partial charge in [0.2, 0.25) is 0 Å². The molecule has 0 bridgehead atoms. The highest BCUT2D eigenvalue weighted by atomic mass is 14.2. The van der Waals surface area contributed by atoms with Crippen LogP contribution in [0.2, 0.25) is 0 Å². The molecule has 222 valence electrons. The van der Waals surface area contributed by atoms with E-state index < -0.39 is 24.2 Å². The average Bonchev–Trinajstić information content (AvgIpc) is 3.24. The van der Waals surface area contributed by atoms with Gasteiger partial charge in [-0.1, -0.05) is 176 Å². The Bertz CT molecular complexity index is 3250. The van der Waals surface area contributed by atoms with Gasteiger partial charge < -0.3 is 0 Å². The lowest BCUT2D eigenvalue weighted by Crippen LogP contribution is -1.92. The summed E-state index contributed by atoms with van der Waals surface area (Å²) in [4.78, 5) is 0. The van der Waals surface area contributed by atoms with Crippen LogP contribution in [-0.2, 0) is 0 Å². The van der Waals surface area contributed by atoms with Gasteiger partial charge in [0.1, 0.15) is 0 Å². The van der Waals surface area contributed by atoms with Crippen molar-refractivity contribution in [2.45, 2.75) is 0 Å². The molecule has 48 heavy (non-hydrogen) atoms. The Kier molecular flexibility index (Phi) is 4.46. The molecule has 0 atom stereocenters. The highest BCUT2D eigenvalue weighted by molar-refractivity contribution is 6.25. The van der Waals surface area contributed by atoms with Crippen molar-refractivity contribution in [2.75, 3.05) is 0 Å². The van der Waals surface area contributed by atoms with E-state index in [0.717, 1.165) is 38.1 Å². The second-order valence-corrected chi connectivity index (χ2v) is 12.2. The monoisotopic (exact) mass is 614 g/mol. The van der Waals surface area contributed by atoms with Crippen LogP contribution in [-0.4, -0.2) is 0 Å². The topological polar surface area (TPSA) is 0 Å². The van der Waals surface area contributed by atoms with Crippen molar-refractivity contribution in [1.29, 1.82) is 0 Å². The third-order valence-corrected chi connectivity index (χ3v) is 9.67. The van der Waals surface area contributed by atoms with Crippen LogP contribution in [0.15, 0.2) is 182 Å². The van der Waals surface area contributed by atoms with Crippen molar-refractivity contribution in [3.05, 3.63) is 182 Å². The minimum Gasteiger partial charge on any atom is -0.0616 e. The van der Waals surface area contributed by atoms with Gasteiger partial charge in [0.05, 0.1) is 11.0 Å². The van der Waals surface area contributed by atoms with E-state index in [4.69, 9.17) is 5.48 Å². The first-order valence-corrected chi connectivity index (χ1v) is 16.0. The summed E-state index contributed by atoms with van der Waals surface area (Å²) >= 11 is 0. The molecule has 0 saturated heterocycles. The number of hydrogen-bond donors (Lipinski definition) is 0. The van der Waals surface area contributed by atoms with E-state index in [0.29, 0.717) is 22.3 Å². The van der Waals surface area contributed by atoms with Crippen LogP contribution in [0.5, 0.6) is 0 Å². The van der Waals surface area contributed by atoms with Crippen molar-refractivity contribution < 1.29 is 11.0 Å². The quantitative estimate of drug-likeness (QED) is 0.137. The fourth-order valence-corrected chi connectivity index (χ4v) is 7.56. The maximum atomic E-state index is 9.35. The van der Waals surface area contributed by atoms with Crippen LogP contribution in [0, 0.1) is 0 Å². The van der Waals surface area contributed by atoms with Crippen molar-refractivity contribution in [3.8, 4) is 33.4 Å². The molecule has 0 N–H and O–H groups in total. The van der Waals surface area contributed by atoms with Gasteiger partial charge in [-0.15, -0.1) is 0 Å². The average molecular weight is 615 g/mol. The predicted molar refractivity (Wildman–Crippen MR) is 208 cm³/mol. The normalized spacial score (nSPS) is 14.1. The molecule has 0 radical (unpaired) electrons. The zero-order valence-corrected chi connectivity index (χ0v) is 25.7. The molecule has 0 heteroatoms. The molecule has 0 aliphatic carbocycles. The highest BCUT2D eigenvalue weighted by Crippen LogP contribution is 2.46. The van der Waals surface area contributed by atoms with Crippen LogP contribution in [0.4, 0.5) is 0 Å². The summed E-state index contributed by atoms with van der Waals surface area (Å²) in [5.41, 5.74) is 3.83. The van der Waals surface area contributed by atoms with Gasteiger partial charge >= 0.3 is 0 Å². The van der Waals surface area contributed by atoms with Gasteiger partial charge in [-0.2, -0.15) is 0 Å². The molecular weight excluding hydrogens is 577 g/mol. The SMILES string of the molecule is [2H]c1c([2H])c([2H])c2c(-c3cccc4ccccc34)c3c([2H])c([2H])c([2H])c([2H])c3c(-c3ccc(-c4cc5ccc6ccccc6c5c5ccccc45)cc3)c2c1[2H]. The van der Waals surface area contributed by atoms with Gasteiger partial charge in [0.15, 0.2) is 0 Å². The van der Waals surface area contributed by atoms with Gasteiger partial charge in [0, 0.05) is 0 Å². The third kappa shape index (κ3) is 4.03. The van der Waals surface area contributed by atoms with E-state index in [1.54, 1.807) is 0 Å². The van der Waals surface area contributed by atoms with E-state index in [1.165, 1.54) is 16.2 Å². The number of fused-ring (bicyclic) bond motifs is 8. The molecule has 0 amide bonds. The molecule has 0 fully saturated rings. The molecule has 0 aliphatic rings. The summed E-state index contributed by atoms with van der Waals surface area (Å²) in [5, 5.41) is 9.37. The van der Waals surface area contributed by atoms with Crippen molar-refractivity contribution >= 4 is 64.6 Å². The third-order valence-electron chi connectivity index (χ3n) is 9.67. The standard InChI is InChI=1S/C48H30/c1-3-15-36-31(12-1)14-11-23-39(36)48-43-21-9-7-19-41(43)46(42-20-8-10-22-44(42)48)34-27-24-33(25-28-34)45-30-35-29-26-32-13-2-4-16-37(32)47(35)40-18-6-5-17-38(40)45/h1-30H/i7D,8D,9D,10D,19D,20D,21D,22D. The van der Waals surface area contributed by atoms with Crippen LogP contribution in [0.3, 0.4) is 0 Å². The van der Waals surface area contributed by atoms with E-state index in [-0.39, 0.29) is 45.7 Å². The number of rotatable bonds is 3. The molecule has 0 nitrogen and oxygen atoms in total. The maximum absolute atomic E-state index is 9.35. The number of hydrogen-bond acceptors (Lipinski definition) is 0. The molecule has 0 unspecified atom stereocenters. The molecular formula is C48H30. The zero-order chi connectivity index (χ0) is 38.6. The Hall–Kier alpha value is -6.24. The van der Waals surface area contributed by atoms with Crippen molar-refractivity contribution in [1.82, 2.24) is 0 Å². The summed E-state index contributed by atoms with van der Waals surface area (Å²) in [7, 11) is 0. The fourth-order valence-electron chi connectivity index (χ4n) is 7.56. The Labute approximate surface area is 290 Å². The van der Waals surface area contributed by atoms with Gasteiger partial charge in [0.25, 0.3) is 0 Å². The zero-order valence-electron chi connectivity index (χ0n) is 33.7. The van der Waals surface area contributed by atoms with Crippen LogP contribution < -0.4 is 0 Å². The largest absolute Gasteiger partial charge is 0.0629 e. The van der Waals surface area contributed by atoms with E-state index in [2.05, 4.69) is 54.6 Å². The smallest absolute Gasteiger partial charge is 0.0616 e. The summed E-state index contributed by atoms with van der Waals surface area (Å²) in [6, 6.07) is 41.6. The van der Waals surface area contributed by atoms with Crippen LogP contribution in [0.25, 0.3) is 98.0 Å². The summed E-state index contributed by atoms with van der Waals surface area (Å²) in [6.07, 6.45) is 0. The molecule has 0 heterocycles. The first-order chi connectivity index (χ1) is 27.2. The summed E-state index contributed by atoms with van der Waals surface area (Å²) < 4.78 is 72.6. The molecule has 0 aromatic heterocycles. The Balaban J connectivity index is 1.31. The summed E-state index contributed by atoms with van der Waals surface area (Å²) in [5.74, 6) is 0. The van der Waals surface area contributed by atoms with Gasteiger partial charge in [-0.05, 0) is 104 Å². The van der Waals surface area contributed by atoms with E-state index in [1.807, 2.05) is 78.9 Å². The predicted octanol–water partition coefficient (Wildman–Crippen LogP) is 13.6. The molecule has 0 saturated carbocycles. The van der Waals surface area contributed by atoms with Crippen molar-refractivity contribution in [3.63, 3.8) is 0 Å². The van der Waals surface area contributed by atoms with E-state index in [9.17, 15) is 5.48 Å². The second kappa shape index (κ2) is 10.7. The Morgan fingerprint density at radius 1 is 0.312 bits per heavy atom. The summed E-state index contributed by atoms with van der Waals surface area (Å²) in [6.45, 7) is 0. The molecule has 0 aliphatic heterocycles. The van der Waals surface area contributed by atoms with Crippen LogP contribution >= 0.6 is 0 Å². The number of benzene rings is 10. The van der Waals surface area contributed by atoms with Crippen LogP contribution in [0.1, 0.15) is 11.0 Å². The molecule has 10 rings (SSSR count). The van der Waals surface area contributed by atoms with E-state index >= 15 is 0 Å². The first kappa shape index (κ1) is 20.1. The lowest BCUT2D eigenvalue weighted by atomic mass is 9.84. The maximum Gasteiger partial charge on any atom is 0.0629 e. The molecule has 0 spiro atoms. The second-order valence-electron chi connectivity index (χ2n) is 12.2. The minimum atomic E-state index is -0.417. The molecule has 10 aromatic rings. The van der Waals surface area contributed by atoms with Crippen molar-refractivity contribution in [2.24, 2.45) is 0 Å². The van der Waals surface area contributed by atoms with Gasteiger partial charge in [-0.3, -0.25) is 0 Å².